The van der Waals surface area contributed by atoms with E-state index in [2.05, 4.69) is 51.1 Å². The lowest BCUT2D eigenvalue weighted by Gasteiger charge is -2.46. The van der Waals surface area contributed by atoms with Crippen LogP contribution in [0.5, 0.6) is 0 Å². The first-order valence-corrected chi connectivity index (χ1v) is 13.7. The van der Waals surface area contributed by atoms with Gasteiger partial charge in [0.25, 0.3) is 8.32 Å². The minimum atomic E-state index is -2.87. The zero-order chi connectivity index (χ0) is 24.3. The van der Waals surface area contributed by atoms with Gasteiger partial charge in [-0.3, -0.25) is 4.79 Å². The summed E-state index contributed by atoms with van der Waals surface area (Å²) < 4.78 is 12.9. The molecular weight excluding hydrogens is 428 g/mol. The summed E-state index contributed by atoms with van der Waals surface area (Å²) in [6, 6.07) is 20.7. The number of carbonyl (C=O) groups is 1. The number of ether oxygens (including phenoxy) is 1. The van der Waals surface area contributed by atoms with Gasteiger partial charge in [-0.2, -0.15) is 0 Å². The minimum Gasteiger partial charge on any atom is -0.456 e. The van der Waals surface area contributed by atoms with Gasteiger partial charge >= 0.3 is 5.97 Å². The summed E-state index contributed by atoms with van der Waals surface area (Å²) in [4.78, 5) is 12.5. The van der Waals surface area contributed by atoms with E-state index in [1.165, 1.54) is 5.57 Å². The number of carbonyl (C=O) groups excluding carboxylic acids is 1. The van der Waals surface area contributed by atoms with Crippen molar-refractivity contribution in [3.8, 4) is 0 Å². The highest BCUT2D eigenvalue weighted by Crippen LogP contribution is 2.41. The van der Waals surface area contributed by atoms with Gasteiger partial charge in [0.1, 0.15) is 5.60 Å². The maximum atomic E-state index is 12.5. The number of cyclic esters (lactones) is 1. The Balaban J connectivity index is 2.07. The van der Waals surface area contributed by atoms with Crippen LogP contribution in [0.15, 0.2) is 72.3 Å². The summed E-state index contributed by atoms with van der Waals surface area (Å²) in [7, 11) is -2.87. The lowest BCUT2D eigenvalue weighted by Crippen LogP contribution is -2.68. The molecule has 0 radical (unpaired) electrons. The Morgan fingerprint density at radius 1 is 1.03 bits per heavy atom. The summed E-state index contributed by atoms with van der Waals surface area (Å²) in [6.45, 7) is 12.5. The first kappa shape index (κ1) is 25.4. The fourth-order valence-electron chi connectivity index (χ4n) is 4.88. The average molecular weight is 467 g/mol. The molecule has 0 unspecified atom stereocenters. The quantitative estimate of drug-likeness (QED) is 0.347. The van der Waals surface area contributed by atoms with Gasteiger partial charge in [0.05, 0.1) is 12.5 Å². The smallest absolute Gasteiger partial charge is 0.308 e. The second kappa shape index (κ2) is 9.96. The third-order valence-electron chi connectivity index (χ3n) is 6.52. The zero-order valence-electron chi connectivity index (χ0n) is 20.8. The first-order valence-electron chi connectivity index (χ1n) is 11.8. The van der Waals surface area contributed by atoms with Crippen molar-refractivity contribution in [3.05, 3.63) is 72.3 Å². The standard InChI is InChI=1S/C28H38O4Si/c1-21(2)14-13-19-28(6,30)26-24(20-25(29)31-26)32-33(27(3,4)5,22-15-9-7-10-16-22)23-17-11-8-12-18-23/h7-12,14-18,24,26,30H,13,19-20H2,1-6H3/t24-,26-,28-/m1/s1. The number of hydrogen-bond donors (Lipinski definition) is 1. The van der Waals surface area contributed by atoms with E-state index in [1.54, 1.807) is 6.92 Å². The van der Waals surface area contributed by atoms with E-state index in [-0.39, 0.29) is 17.4 Å². The summed E-state index contributed by atoms with van der Waals surface area (Å²) in [5, 5.41) is 13.5. The molecule has 3 atom stereocenters. The molecule has 33 heavy (non-hydrogen) atoms. The molecule has 0 bridgehead atoms. The van der Waals surface area contributed by atoms with Gasteiger partial charge in [0, 0.05) is 0 Å². The molecule has 1 aliphatic rings. The van der Waals surface area contributed by atoms with Crippen LogP contribution in [0.4, 0.5) is 0 Å². The predicted molar refractivity (Wildman–Crippen MR) is 136 cm³/mol. The van der Waals surface area contributed by atoms with Crippen LogP contribution in [-0.4, -0.2) is 37.2 Å². The molecular formula is C28H38O4Si. The van der Waals surface area contributed by atoms with E-state index >= 15 is 0 Å². The van der Waals surface area contributed by atoms with Gasteiger partial charge in [0.15, 0.2) is 6.10 Å². The van der Waals surface area contributed by atoms with Crippen LogP contribution in [-0.2, 0) is 14.0 Å². The molecule has 0 aliphatic carbocycles. The Bertz CT molecular complexity index is 917. The molecule has 5 heteroatoms. The second-order valence-corrected chi connectivity index (χ2v) is 14.9. The van der Waals surface area contributed by atoms with E-state index in [0.29, 0.717) is 6.42 Å². The van der Waals surface area contributed by atoms with Crippen molar-refractivity contribution < 1.29 is 19.1 Å². The van der Waals surface area contributed by atoms with Crippen LogP contribution >= 0.6 is 0 Å². The van der Waals surface area contributed by atoms with E-state index in [0.717, 1.165) is 16.8 Å². The van der Waals surface area contributed by atoms with Crippen LogP contribution in [0.25, 0.3) is 0 Å². The SMILES string of the molecule is CC(C)=CCC[C@@](C)(O)[C@@H]1OC(=O)C[C@H]1O[Si](c1ccccc1)(c1ccccc1)C(C)(C)C. The van der Waals surface area contributed by atoms with Crippen LogP contribution in [0.1, 0.15) is 60.8 Å². The van der Waals surface area contributed by atoms with E-state index in [4.69, 9.17) is 9.16 Å². The van der Waals surface area contributed by atoms with Crippen molar-refractivity contribution in [1.82, 2.24) is 0 Å². The van der Waals surface area contributed by atoms with Crippen molar-refractivity contribution in [2.24, 2.45) is 0 Å². The molecule has 178 valence electrons. The first-order chi connectivity index (χ1) is 15.5. The monoisotopic (exact) mass is 466 g/mol. The molecule has 1 heterocycles. The fourth-order valence-corrected chi connectivity index (χ4v) is 9.56. The van der Waals surface area contributed by atoms with Crippen molar-refractivity contribution in [3.63, 3.8) is 0 Å². The number of allylic oxidation sites excluding steroid dienone is 2. The van der Waals surface area contributed by atoms with Gasteiger partial charge in [-0.05, 0) is 49.0 Å². The van der Waals surface area contributed by atoms with Gasteiger partial charge in [-0.15, -0.1) is 0 Å². The largest absolute Gasteiger partial charge is 0.456 e. The van der Waals surface area contributed by atoms with Crippen LogP contribution < -0.4 is 10.4 Å². The molecule has 1 fully saturated rings. The molecule has 0 spiro atoms. The lowest BCUT2D eigenvalue weighted by atomic mass is 9.90. The second-order valence-electron chi connectivity index (χ2n) is 10.6. The molecule has 0 amide bonds. The normalized spacial score (nSPS) is 20.8. The maximum absolute atomic E-state index is 12.5. The van der Waals surface area contributed by atoms with Crippen LogP contribution in [0.2, 0.25) is 5.04 Å². The maximum Gasteiger partial charge on any atom is 0.308 e. The topological polar surface area (TPSA) is 55.8 Å². The highest BCUT2D eigenvalue weighted by atomic mass is 28.4. The molecule has 3 rings (SSSR count). The van der Waals surface area contributed by atoms with Crippen LogP contribution in [0, 0.1) is 0 Å². The van der Waals surface area contributed by atoms with Crippen molar-refractivity contribution in [2.45, 2.75) is 83.7 Å². The third-order valence-corrected chi connectivity index (χ3v) is 11.6. The lowest BCUT2D eigenvalue weighted by molar-refractivity contribution is -0.155. The molecule has 4 nitrogen and oxygen atoms in total. The Hall–Kier alpha value is -2.21. The Morgan fingerprint density at radius 3 is 2.00 bits per heavy atom. The van der Waals surface area contributed by atoms with Crippen molar-refractivity contribution in [2.75, 3.05) is 0 Å². The van der Waals surface area contributed by atoms with Crippen molar-refractivity contribution in [1.29, 1.82) is 0 Å². The number of esters is 1. The fraction of sp³-hybridized carbons (Fsp3) is 0.464. The molecule has 2 aromatic rings. The molecule has 0 saturated carbocycles. The number of aliphatic hydroxyl groups is 1. The summed E-state index contributed by atoms with van der Waals surface area (Å²) in [5.41, 5.74) is 0.0167. The Labute approximate surface area is 199 Å². The van der Waals surface area contributed by atoms with Gasteiger partial charge < -0.3 is 14.3 Å². The van der Waals surface area contributed by atoms with Crippen molar-refractivity contribution >= 4 is 24.7 Å². The van der Waals surface area contributed by atoms with Crippen LogP contribution in [0.3, 0.4) is 0 Å². The Kier molecular flexibility index (Phi) is 7.67. The summed E-state index contributed by atoms with van der Waals surface area (Å²) in [5.74, 6) is -0.314. The number of benzene rings is 2. The van der Waals surface area contributed by atoms with Gasteiger partial charge in [-0.25, -0.2) is 0 Å². The van der Waals surface area contributed by atoms with Gasteiger partial charge in [0.2, 0.25) is 0 Å². The molecule has 2 aromatic carbocycles. The molecule has 1 N–H and O–H groups in total. The van der Waals surface area contributed by atoms with Gasteiger partial charge in [-0.1, -0.05) is 93.1 Å². The summed E-state index contributed by atoms with van der Waals surface area (Å²) >= 11 is 0. The summed E-state index contributed by atoms with van der Waals surface area (Å²) in [6.07, 6.45) is 2.23. The zero-order valence-corrected chi connectivity index (χ0v) is 21.8. The highest BCUT2D eigenvalue weighted by Gasteiger charge is 2.56. The Morgan fingerprint density at radius 2 is 1.55 bits per heavy atom. The highest BCUT2D eigenvalue weighted by molar-refractivity contribution is 6.99. The minimum absolute atomic E-state index is 0.147. The molecule has 1 aliphatic heterocycles. The number of rotatable bonds is 8. The third kappa shape index (κ3) is 5.48. The predicted octanol–water partition coefficient (Wildman–Crippen LogP) is 4.74. The van der Waals surface area contributed by atoms with E-state index in [1.807, 2.05) is 50.2 Å². The van der Waals surface area contributed by atoms with E-state index in [9.17, 15) is 9.90 Å². The average Bonchev–Trinajstić information content (AvgIpc) is 3.13. The number of hydrogen-bond acceptors (Lipinski definition) is 4. The molecule has 0 aromatic heterocycles. The van der Waals surface area contributed by atoms with E-state index < -0.39 is 26.1 Å². The molecule has 1 saturated heterocycles.